The zero-order valence-electron chi connectivity index (χ0n) is 14.0. The van der Waals surface area contributed by atoms with E-state index in [1.54, 1.807) is 6.07 Å². The molecule has 0 saturated carbocycles. The molecule has 24 heavy (non-hydrogen) atoms. The van der Waals surface area contributed by atoms with Gasteiger partial charge in [-0.15, -0.1) is 0 Å². The lowest BCUT2D eigenvalue weighted by molar-refractivity contribution is 0.0941. The number of rotatable bonds is 7. The SMILES string of the molecule is CCOc1ccc(CNC(=O)c2cc(CN3CCCC3)on2)cc1. The molecule has 0 bridgehead atoms. The van der Waals surface area contributed by atoms with E-state index in [4.69, 9.17) is 9.26 Å². The van der Waals surface area contributed by atoms with E-state index >= 15 is 0 Å². The smallest absolute Gasteiger partial charge is 0.273 e. The third kappa shape index (κ3) is 4.35. The highest BCUT2D eigenvalue weighted by molar-refractivity contribution is 5.92. The van der Waals surface area contributed by atoms with Crippen LogP contribution in [0.5, 0.6) is 5.75 Å². The molecule has 1 N–H and O–H groups in total. The molecule has 1 aromatic heterocycles. The van der Waals surface area contributed by atoms with Crippen molar-refractivity contribution >= 4 is 5.91 Å². The summed E-state index contributed by atoms with van der Waals surface area (Å²) in [7, 11) is 0. The van der Waals surface area contributed by atoms with Gasteiger partial charge in [-0.2, -0.15) is 0 Å². The number of nitrogens with zero attached hydrogens (tertiary/aromatic N) is 2. The number of hydrogen-bond acceptors (Lipinski definition) is 5. The summed E-state index contributed by atoms with van der Waals surface area (Å²) >= 11 is 0. The number of nitrogens with one attached hydrogen (secondary N) is 1. The quantitative estimate of drug-likeness (QED) is 0.846. The fraction of sp³-hybridized carbons (Fsp3) is 0.444. The molecule has 6 nitrogen and oxygen atoms in total. The van der Waals surface area contributed by atoms with Gasteiger partial charge in [-0.25, -0.2) is 0 Å². The molecule has 2 aromatic rings. The fourth-order valence-electron chi connectivity index (χ4n) is 2.80. The van der Waals surface area contributed by atoms with Gasteiger partial charge < -0.3 is 14.6 Å². The first-order chi connectivity index (χ1) is 11.7. The Labute approximate surface area is 141 Å². The predicted molar refractivity (Wildman–Crippen MR) is 89.8 cm³/mol. The molecule has 1 aromatic carbocycles. The molecule has 1 amide bonds. The van der Waals surface area contributed by atoms with Crippen molar-refractivity contribution in [2.45, 2.75) is 32.9 Å². The van der Waals surface area contributed by atoms with Crippen molar-refractivity contribution in [3.05, 3.63) is 47.3 Å². The number of carbonyl (C=O) groups excluding carboxylic acids is 1. The Bertz CT molecular complexity index is 660. The van der Waals surface area contributed by atoms with Crippen LogP contribution in [0.4, 0.5) is 0 Å². The number of carbonyl (C=O) groups is 1. The second kappa shape index (κ2) is 7.97. The largest absolute Gasteiger partial charge is 0.494 e. The minimum atomic E-state index is -0.222. The summed E-state index contributed by atoms with van der Waals surface area (Å²) in [6, 6.07) is 9.40. The number of benzene rings is 1. The summed E-state index contributed by atoms with van der Waals surface area (Å²) in [5, 5.41) is 6.73. The van der Waals surface area contributed by atoms with Gasteiger partial charge in [0.15, 0.2) is 11.5 Å². The second-order valence-corrected chi connectivity index (χ2v) is 5.92. The summed E-state index contributed by atoms with van der Waals surface area (Å²) in [5.41, 5.74) is 1.34. The molecule has 6 heteroatoms. The first-order valence-corrected chi connectivity index (χ1v) is 8.42. The molecular weight excluding hydrogens is 306 g/mol. The van der Waals surface area contributed by atoms with Crippen molar-refractivity contribution in [2.75, 3.05) is 19.7 Å². The van der Waals surface area contributed by atoms with Crippen molar-refractivity contribution in [3.8, 4) is 5.75 Å². The number of hydrogen-bond donors (Lipinski definition) is 1. The normalized spacial score (nSPS) is 14.7. The van der Waals surface area contributed by atoms with E-state index in [2.05, 4.69) is 15.4 Å². The van der Waals surface area contributed by atoms with Gasteiger partial charge in [-0.1, -0.05) is 17.3 Å². The Balaban J connectivity index is 1.50. The van der Waals surface area contributed by atoms with E-state index < -0.39 is 0 Å². The lowest BCUT2D eigenvalue weighted by atomic mass is 10.2. The molecule has 1 fully saturated rings. The highest BCUT2D eigenvalue weighted by atomic mass is 16.5. The van der Waals surface area contributed by atoms with Crippen molar-refractivity contribution in [2.24, 2.45) is 0 Å². The van der Waals surface area contributed by atoms with Crippen LogP contribution in [0.1, 0.15) is 41.6 Å². The molecule has 3 rings (SSSR count). The van der Waals surface area contributed by atoms with Gasteiger partial charge in [-0.05, 0) is 50.6 Å². The highest BCUT2D eigenvalue weighted by Crippen LogP contribution is 2.14. The van der Waals surface area contributed by atoms with Gasteiger partial charge in [0.2, 0.25) is 0 Å². The zero-order valence-corrected chi connectivity index (χ0v) is 14.0. The van der Waals surface area contributed by atoms with Crippen LogP contribution in [0, 0.1) is 0 Å². The molecule has 0 aliphatic carbocycles. The van der Waals surface area contributed by atoms with E-state index in [9.17, 15) is 4.79 Å². The minimum absolute atomic E-state index is 0.222. The lowest BCUT2D eigenvalue weighted by Crippen LogP contribution is -2.23. The molecule has 1 aliphatic rings. The highest BCUT2D eigenvalue weighted by Gasteiger charge is 2.17. The Hall–Kier alpha value is -2.34. The first kappa shape index (κ1) is 16.5. The van der Waals surface area contributed by atoms with Gasteiger partial charge in [0, 0.05) is 12.6 Å². The van der Waals surface area contributed by atoms with Crippen LogP contribution in [0.25, 0.3) is 0 Å². The van der Waals surface area contributed by atoms with Crippen LogP contribution >= 0.6 is 0 Å². The molecule has 128 valence electrons. The van der Waals surface area contributed by atoms with Crippen LogP contribution in [-0.2, 0) is 13.1 Å². The summed E-state index contributed by atoms with van der Waals surface area (Å²) in [6.07, 6.45) is 2.45. The van der Waals surface area contributed by atoms with Gasteiger partial charge in [0.25, 0.3) is 5.91 Å². The number of likely N-dealkylation sites (tertiary alicyclic amines) is 1. The average molecular weight is 329 g/mol. The van der Waals surface area contributed by atoms with E-state index in [-0.39, 0.29) is 5.91 Å². The second-order valence-electron chi connectivity index (χ2n) is 5.92. The number of amides is 1. The Morgan fingerprint density at radius 3 is 2.75 bits per heavy atom. The van der Waals surface area contributed by atoms with E-state index in [1.165, 1.54) is 12.8 Å². The predicted octanol–water partition coefficient (Wildman–Crippen LogP) is 2.60. The summed E-state index contributed by atoms with van der Waals surface area (Å²) in [4.78, 5) is 14.5. The van der Waals surface area contributed by atoms with Gasteiger partial charge in [0.1, 0.15) is 5.75 Å². The van der Waals surface area contributed by atoms with E-state index in [0.717, 1.165) is 36.7 Å². The third-order valence-corrected chi connectivity index (χ3v) is 4.06. The maximum atomic E-state index is 12.2. The van der Waals surface area contributed by atoms with Crippen LogP contribution in [0.3, 0.4) is 0 Å². The van der Waals surface area contributed by atoms with E-state index in [1.807, 2.05) is 31.2 Å². The van der Waals surface area contributed by atoms with Gasteiger partial charge in [0.05, 0.1) is 13.2 Å². The molecule has 2 heterocycles. The molecule has 0 radical (unpaired) electrons. The monoisotopic (exact) mass is 329 g/mol. The lowest BCUT2D eigenvalue weighted by Gasteiger charge is -2.10. The number of ether oxygens (including phenoxy) is 1. The van der Waals surface area contributed by atoms with Gasteiger partial charge in [-0.3, -0.25) is 9.69 Å². The topological polar surface area (TPSA) is 67.6 Å². The molecule has 1 saturated heterocycles. The molecule has 0 unspecified atom stereocenters. The summed E-state index contributed by atoms with van der Waals surface area (Å²) < 4.78 is 10.7. The van der Waals surface area contributed by atoms with Crippen molar-refractivity contribution < 1.29 is 14.1 Å². The Morgan fingerprint density at radius 2 is 2.04 bits per heavy atom. The van der Waals surface area contributed by atoms with Crippen molar-refractivity contribution in [3.63, 3.8) is 0 Å². The van der Waals surface area contributed by atoms with E-state index in [0.29, 0.717) is 18.8 Å². The van der Waals surface area contributed by atoms with Crippen LogP contribution < -0.4 is 10.1 Å². The zero-order chi connectivity index (χ0) is 16.8. The van der Waals surface area contributed by atoms with Crippen LogP contribution in [-0.4, -0.2) is 35.7 Å². The maximum absolute atomic E-state index is 12.2. The molecule has 0 atom stereocenters. The standard InChI is InChI=1S/C18H23N3O3/c1-2-23-15-7-5-14(6-8-15)12-19-18(22)17-11-16(24-20-17)13-21-9-3-4-10-21/h5-8,11H,2-4,9-10,12-13H2,1H3,(H,19,22). The average Bonchev–Trinajstić information content (AvgIpc) is 3.27. The third-order valence-electron chi connectivity index (χ3n) is 4.06. The number of aromatic nitrogens is 1. The van der Waals surface area contributed by atoms with Crippen LogP contribution in [0.15, 0.2) is 34.9 Å². The maximum Gasteiger partial charge on any atom is 0.273 e. The first-order valence-electron chi connectivity index (χ1n) is 8.42. The Kier molecular flexibility index (Phi) is 5.48. The van der Waals surface area contributed by atoms with Gasteiger partial charge >= 0.3 is 0 Å². The van der Waals surface area contributed by atoms with Crippen LogP contribution in [0.2, 0.25) is 0 Å². The molecule has 1 aliphatic heterocycles. The summed E-state index contributed by atoms with van der Waals surface area (Å²) in [6.45, 7) is 5.92. The fourth-order valence-corrected chi connectivity index (χ4v) is 2.80. The van der Waals surface area contributed by atoms with Crippen molar-refractivity contribution in [1.29, 1.82) is 0 Å². The molecular formula is C18H23N3O3. The van der Waals surface area contributed by atoms with Crippen molar-refractivity contribution in [1.82, 2.24) is 15.4 Å². The Morgan fingerprint density at radius 1 is 1.29 bits per heavy atom. The minimum Gasteiger partial charge on any atom is -0.494 e. The molecule has 0 spiro atoms. The summed E-state index contributed by atoms with van der Waals surface area (Å²) in [5.74, 6) is 1.35.